The molecule has 0 saturated carbocycles. The Morgan fingerprint density at radius 3 is 2.88 bits per heavy atom. The summed E-state index contributed by atoms with van der Waals surface area (Å²) in [5.74, 6) is -1.38. The number of amides is 2. The summed E-state index contributed by atoms with van der Waals surface area (Å²) >= 11 is 0. The number of nitrogens with zero attached hydrogens (tertiary/aromatic N) is 3. The third-order valence-electron chi connectivity index (χ3n) is 3.72. The van der Waals surface area contributed by atoms with Crippen molar-refractivity contribution in [1.82, 2.24) is 15.4 Å². The number of carbonyl (C=O) groups excluding carboxylic acids is 2. The normalized spacial score (nSPS) is 15.4. The number of aromatic nitrogens is 2. The van der Waals surface area contributed by atoms with Gasteiger partial charge in [0, 0.05) is 12.4 Å². The average molecular weight is 346 g/mol. The smallest absolute Gasteiger partial charge is 0.276 e. The third kappa shape index (κ3) is 3.01. The molecule has 0 bridgehead atoms. The number of hydrogen-bond donors (Lipinski definition) is 2. The lowest BCUT2D eigenvalue weighted by atomic mass is 10.0. The average Bonchev–Trinajstić information content (AvgIpc) is 2.59. The lowest BCUT2D eigenvalue weighted by Crippen LogP contribution is -2.52. The number of pyridine rings is 2. The number of rotatable bonds is 3. The van der Waals surface area contributed by atoms with Crippen molar-refractivity contribution in [2.75, 3.05) is 4.90 Å². The predicted molar refractivity (Wildman–Crippen MR) is 83.6 cm³/mol. The topological polar surface area (TPSA) is 105 Å². The molecule has 2 N–H and O–H groups in total. The van der Waals surface area contributed by atoms with Crippen molar-refractivity contribution in [3.8, 4) is 5.75 Å². The molecule has 0 aromatic carbocycles. The van der Waals surface area contributed by atoms with Gasteiger partial charge in [-0.2, -0.15) is 0 Å². The first kappa shape index (κ1) is 16.8. The first-order valence-electron chi connectivity index (χ1n) is 7.38. The van der Waals surface area contributed by atoms with Gasteiger partial charge in [0.15, 0.2) is 17.2 Å². The first-order chi connectivity index (χ1) is 11.8. The van der Waals surface area contributed by atoms with Crippen molar-refractivity contribution in [2.45, 2.75) is 26.0 Å². The molecule has 130 valence electrons. The zero-order chi connectivity index (χ0) is 18.2. The van der Waals surface area contributed by atoms with E-state index >= 15 is 0 Å². The van der Waals surface area contributed by atoms with Crippen LogP contribution in [0.15, 0.2) is 30.6 Å². The summed E-state index contributed by atoms with van der Waals surface area (Å²) < 4.78 is 19.9. The summed E-state index contributed by atoms with van der Waals surface area (Å²) in [6.07, 6.45) is 2.61. The van der Waals surface area contributed by atoms with Crippen LogP contribution in [0.2, 0.25) is 0 Å². The molecular weight excluding hydrogens is 331 g/mol. The third-order valence-corrected chi connectivity index (χ3v) is 3.72. The highest BCUT2D eigenvalue weighted by molar-refractivity contribution is 6.01. The van der Waals surface area contributed by atoms with Crippen molar-refractivity contribution >= 4 is 17.6 Å². The summed E-state index contributed by atoms with van der Waals surface area (Å²) in [7, 11) is 0. The van der Waals surface area contributed by atoms with Crippen LogP contribution in [-0.2, 0) is 11.3 Å². The van der Waals surface area contributed by atoms with E-state index in [2.05, 4.69) is 9.97 Å². The molecule has 25 heavy (non-hydrogen) atoms. The van der Waals surface area contributed by atoms with Gasteiger partial charge in [-0.3, -0.25) is 24.7 Å². The Hall–Kier alpha value is -3.07. The maximum absolute atomic E-state index is 14.3. The highest BCUT2D eigenvalue weighted by Crippen LogP contribution is 2.36. The highest BCUT2D eigenvalue weighted by Gasteiger charge is 2.42. The summed E-state index contributed by atoms with van der Waals surface area (Å²) in [6, 6.07) is 4.27. The molecule has 0 unspecified atom stereocenters. The molecule has 0 fully saturated rings. The van der Waals surface area contributed by atoms with Crippen LogP contribution < -0.4 is 15.1 Å². The molecule has 3 heterocycles. The number of carbonyl (C=O) groups is 2. The first-order valence-corrected chi connectivity index (χ1v) is 7.38. The number of halogens is 1. The maximum atomic E-state index is 14.3. The van der Waals surface area contributed by atoms with Crippen molar-refractivity contribution in [3.05, 3.63) is 47.7 Å². The van der Waals surface area contributed by atoms with Crippen LogP contribution in [0.25, 0.3) is 0 Å². The second-order valence-corrected chi connectivity index (χ2v) is 5.92. The number of anilines is 1. The van der Waals surface area contributed by atoms with Gasteiger partial charge >= 0.3 is 0 Å². The molecule has 0 atom stereocenters. The molecule has 0 aliphatic carbocycles. The van der Waals surface area contributed by atoms with Gasteiger partial charge in [-0.05, 0) is 32.0 Å². The minimum absolute atomic E-state index is 0.0443. The molecular formula is C16H15FN4O4. The predicted octanol–water partition coefficient (Wildman–Crippen LogP) is 1.44. The Bertz CT molecular complexity index is 856. The fraction of sp³-hybridized carbons (Fsp3) is 0.250. The second kappa shape index (κ2) is 6.10. The van der Waals surface area contributed by atoms with Crippen LogP contribution in [0.5, 0.6) is 5.75 Å². The number of nitrogens with one attached hydrogen (secondary N) is 1. The largest absolute Gasteiger partial charge is 0.474 e. The van der Waals surface area contributed by atoms with Crippen molar-refractivity contribution < 1.29 is 23.9 Å². The fourth-order valence-electron chi connectivity index (χ4n) is 2.47. The Kier molecular flexibility index (Phi) is 4.09. The summed E-state index contributed by atoms with van der Waals surface area (Å²) in [6.45, 7) is 3.04. The van der Waals surface area contributed by atoms with E-state index in [0.717, 1.165) is 12.3 Å². The Balaban J connectivity index is 1.97. The molecule has 0 spiro atoms. The van der Waals surface area contributed by atoms with Gasteiger partial charge < -0.3 is 4.74 Å². The molecule has 0 saturated heterocycles. The van der Waals surface area contributed by atoms with Gasteiger partial charge in [0.1, 0.15) is 5.82 Å². The summed E-state index contributed by atoms with van der Waals surface area (Å²) in [4.78, 5) is 33.3. The van der Waals surface area contributed by atoms with E-state index in [0.29, 0.717) is 5.75 Å². The Morgan fingerprint density at radius 2 is 2.20 bits per heavy atom. The van der Waals surface area contributed by atoms with Crippen molar-refractivity contribution in [3.63, 3.8) is 0 Å². The molecule has 3 rings (SSSR count). The number of hydrogen-bond acceptors (Lipinski definition) is 6. The van der Waals surface area contributed by atoms with Gasteiger partial charge in [0.25, 0.3) is 11.8 Å². The van der Waals surface area contributed by atoms with Crippen LogP contribution in [0.3, 0.4) is 0 Å². The lowest BCUT2D eigenvalue weighted by molar-refractivity contribution is -0.133. The van der Waals surface area contributed by atoms with E-state index in [-0.39, 0.29) is 23.6 Å². The Morgan fingerprint density at radius 1 is 1.44 bits per heavy atom. The molecule has 1 aliphatic heterocycles. The van der Waals surface area contributed by atoms with E-state index < -0.39 is 23.2 Å². The maximum Gasteiger partial charge on any atom is 0.276 e. The minimum Gasteiger partial charge on any atom is -0.474 e. The van der Waals surface area contributed by atoms with Crippen molar-refractivity contribution in [2.24, 2.45) is 0 Å². The van der Waals surface area contributed by atoms with E-state index in [1.807, 2.05) is 0 Å². The van der Waals surface area contributed by atoms with Crippen LogP contribution in [0.4, 0.5) is 10.2 Å². The van der Waals surface area contributed by atoms with E-state index in [1.54, 1.807) is 26.0 Å². The van der Waals surface area contributed by atoms with Gasteiger partial charge in [0.2, 0.25) is 0 Å². The number of fused-ring (bicyclic) bond motifs is 1. The molecule has 9 heteroatoms. The van der Waals surface area contributed by atoms with Crippen LogP contribution in [0, 0.1) is 5.82 Å². The number of ether oxygens (including phenoxy) is 1. The van der Waals surface area contributed by atoms with Gasteiger partial charge in [-0.25, -0.2) is 14.9 Å². The molecule has 2 amide bonds. The molecule has 8 nitrogen and oxygen atoms in total. The molecule has 0 radical (unpaired) electrons. The van der Waals surface area contributed by atoms with Gasteiger partial charge in [0.05, 0.1) is 17.8 Å². The SMILES string of the molecule is CC1(C)Oc2cccnc2N(Cc2ncc(C(=O)NO)cc2F)C1=O. The van der Waals surface area contributed by atoms with E-state index in [4.69, 9.17) is 9.94 Å². The lowest BCUT2D eigenvalue weighted by Gasteiger charge is -2.37. The van der Waals surface area contributed by atoms with Crippen LogP contribution >= 0.6 is 0 Å². The van der Waals surface area contributed by atoms with E-state index in [1.165, 1.54) is 16.6 Å². The zero-order valence-corrected chi connectivity index (χ0v) is 13.5. The van der Waals surface area contributed by atoms with Gasteiger partial charge in [-0.15, -0.1) is 0 Å². The quantitative estimate of drug-likeness (QED) is 0.644. The molecule has 2 aromatic heterocycles. The zero-order valence-electron chi connectivity index (χ0n) is 13.5. The highest BCUT2D eigenvalue weighted by atomic mass is 19.1. The fourth-order valence-corrected chi connectivity index (χ4v) is 2.47. The second-order valence-electron chi connectivity index (χ2n) is 5.92. The van der Waals surface area contributed by atoms with Crippen LogP contribution in [-0.4, -0.2) is 32.6 Å². The van der Waals surface area contributed by atoms with Gasteiger partial charge in [-0.1, -0.05) is 0 Å². The molecule has 1 aliphatic rings. The van der Waals surface area contributed by atoms with Crippen LogP contribution in [0.1, 0.15) is 29.9 Å². The molecule has 2 aromatic rings. The van der Waals surface area contributed by atoms with E-state index in [9.17, 15) is 14.0 Å². The van der Waals surface area contributed by atoms with Crippen molar-refractivity contribution in [1.29, 1.82) is 0 Å². The summed E-state index contributed by atoms with van der Waals surface area (Å²) in [5, 5.41) is 8.59. The standard InChI is InChI=1S/C16H15FN4O4/c1-16(2)15(23)21(13-12(25-16)4-3-5-18-13)8-11-10(17)6-9(7-19-11)14(22)20-24/h3-7,24H,8H2,1-2H3,(H,20,22). The monoisotopic (exact) mass is 346 g/mol. The Labute approximate surface area is 142 Å². The summed E-state index contributed by atoms with van der Waals surface area (Å²) in [5.41, 5.74) is 0.0808. The minimum atomic E-state index is -1.14. The number of hydroxylamine groups is 1.